The molecule has 1 fully saturated rings. The van der Waals surface area contributed by atoms with Gasteiger partial charge in [-0.3, -0.25) is 4.79 Å². The van der Waals surface area contributed by atoms with E-state index in [-0.39, 0.29) is 0 Å². The number of nitrogens with two attached hydrogens (primary N) is 3. The van der Waals surface area contributed by atoms with E-state index >= 15 is 0 Å². The van der Waals surface area contributed by atoms with Crippen LogP contribution in [0.2, 0.25) is 0 Å². The Kier molecular flexibility index (Phi) is 9.58. The van der Waals surface area contributed by atoms with Crippen molar-refractivity contribution in [1.82, 2.24) is 30.3 Å². The van der Waals surface area contributed by atoms with Crippen LogP contribution < -0.4 is 32.5 Å². The molecule has 10 heteroatoms. The first-order chi connectivity index (χ1) is 18.8. The number of piperazine rings is 1. The van der Waals surface area contributed by atoms with Crippen molar-refractivity contribution in [2.45, 2.75) is 45.6 Å². The van der Waals surface area contributed by atoms with E-state index < -0.39 is 5.91 Å². The molecule has 2 atom stereocenters. The maximum atomic E-state index is 12.0. The van der Waals surface area contributed by atoms with E-state index in [1.54, 1.807) is 0 Å². The van der Waals surface area contributed by atoms with Crippen LogP contribution in [0.15, 0.2) is 49.1 Å². The molecule has 1 aliphatic rings. The highest BCUT2D eigenvalue weighted by molar-refractivity contribution is 5.93. The molecule has 0 saturated carbocycles. The van der Waals surface area contributed by atoms with Crippen LogP contribution in [0.3, 0.4) is 0 Å². The molecule has 10 nitrogen and oxygen atoms in total. The van der Waals surface area contributed by atoms with E-state index in [1.165, 1.54) is 18.2 Å². The van der Waals surface area contributed by atoms with Crippen LogP contribution in [-0.2, 0) is 19.3 Å². The Labute approximate surface area is 231 Å². The number of rotatable bonds is 12. The highest BCUT2D eigenvalue weighted by Gasteiger charge is 2.39. The number of benzene rings is 2. The summed E-state index contributed by atoms with van der Waals surface area (Å²) in [7, 11) is 0. The van der Waals surface area contributed by atoms with Crippen molar-refractivity contribution in [3.63, 3.8) is 0 Å². The molecule has 2 unspecified atom stereocenters. The molecule has 8 N–H and O–H groups in total. The van der Waals surface area contributed by atoms with Gasteiger partial charge in [0.15, 0.2) is 5.69 Å². The summed E-state index contributed by atoms with van der Waals surface area (Å²) in [6.45, 7) is 8.39. The summed E-state index contributed by atoms with van der Waals surface area (Å²) in [5.41, 5.74) is 27.6. The number of quaternary nitrogens is 1. The molecule has 1 aromatic heterocycles. The average molecular weight is 533 g/mol. The zero-order chi connectivity index (χ0) is 27.8. The fraction of sp³-hybridized carbons (Fsp3) is 0.448. The number of amides is 1. The molecule has 1 amide bonds. The van der Waals surface area contributed by atoms with Crippen molar-refractivity contribution >= 4 is 17.3 Å². The van der Waals surface area contributed by atoms with E-state index in [2.05, 4.69) is 51.7 Å². The zero-order valence-corrected chi connectivity index (χ0v) is 23.1. The predicted molar refractivity (Wildman–Crippen MR) is 156 cm³/mol. The van der Waals surface area contributed by atoms with Crippen LogP contribution in [0.4, 0.5) is 11.4 Å². The fourth-order valence-corrected chi connectivity index (χ4v) is 5.70. The Balaban J connectivity index is 1.63. The van der Waals surface area contributed by atoms with Crippen LogP contribution in [0.1, 0.15) is 53.1 Å². The van der Waals surface area contributed by atoms with Gasteiger partial charge >= 0.3 is 0 Å². The van der Waals surface area contributed by atoms with Crippen molar-refractivity contribution in [3.8, 4) is 0 Å². The summed E-state index contributed by atoms with van der Waals surface area (Å²) in [4.78, 5) is 24.5. The highest BCUT2D eigenvalue weighted by atomic mass is 16.1. The topological polar surface area (TPSA) is 158 Å². The first-order valence-electron chi connectivity index (χ1n) is 13.8. The molecule has 0 spiro atoms. The molecule has 1 aliphatic heterocycles. The van der Waals surface area contributed by atoms with E-state index in [4.69, 9.17) is 17.2 Å². The minimum absolute atomic E-state index is 0.361. The van der Waals surface area contributed by atoms with Crippen LogP contribution in [0, 0.1) is 5.92 Å². The van der Waals surface area contributed by atoms with Crippen molar-refractivity contribution < 1.29 is 4.79 Å². The number of hydrogen-bond acceptors (Lipinski definition) is 8. The molecule has 2 aromatic carbocycles. The van der Waals surface area contributed by atoms with Gasteiger partial charge in [-0.2, -0.15) is 5.43 Å². The second-order valence-corrected chi connectivity index (χ2v) is 10.8. The van der Waals surface area contributed by atoms with Gasteiger partial charge in [0, 0.05) is 42.4 Å². The summed E-state index contributed by atoms with van der Waals surface area (Å²) in [6.07, 6.45) is 6.12. The van der Waals surface area contributed by atoms with Gasteiger partial charge < -0.3 is 22.5 Å². The van der Waals surface area contributed by atoms with Gasteiger partial charge in [-0.1, -0.05) is 26.0 Å². The Morgan fingerprint density at radius 1 is 1.15 bits per heavy atom. The third-order valence-electron chi connectivity index (χ3n) is 7.45. The number of carbonyl (C=O) groups excluding carboxylic acids is 1. The molecule has 0 aliphatic carbocycles. The van der Waals surface area contributed by atoms with E-state index in [0.717, 1.165) is 61.5 Å². The Bertz CT molecular complexity index is 1250. The number of nitrogen functional groups attached to an aromatic ring is 1. The van der Waals surface area contributed by atoms with Crippen LogP contribution in [0.5, 0.6) is 0 Å². The Morgan fingerprint density at radius 2 is 1.95 bits per heavy atom. The molecule has 2 heterocycles. The van der Waals surface area contributed by atoms with Crippen molar-refractivity contribution in [3.05, 3.63) is 77.1 Å². The molecule has 39 heavy (non-hydrogen) atoms. The number of primary amides is 1. The first-order valence-corrected chi connectivity index (χ1v) is 13.8. The second-order valence-electron chi connectivity index (χ2n) is 10.8. The smallest absolute Gasteiger partial charge is 0.248 e. The van der Waals surface area contributed by atoms with Gasteiger partial charge in [-0.05, 0) is 61.1 Å². The number of anilines is 1. The highest BCUT2D eigenvalue weighted by Crippen LogP contribution is 2.30. The molecular weight excluding hydrogens is 490 g/mol. The minimum Gasteiger partial charge on any atom is -0.398 e. The largest absolute Gasteiger partial charge is 0.398 e. The van der Waals surface area contributed by atoms with Crippen molar-refractivity contribution in [2.24, 2.45) is 17.4 Å². The zero-order valence-electron chi connectivity index (χ0n) is 23.1. The molecule has 4 rings (SSSR count). The Hall–Kier alpha value is -3.44. The SMILES string of the molecule is CC(C)CC1C[N+](NCCc2cccc(N)c2Cc2ncncn2)(c2ccc(C(N)=O)cc2CCN)CCN1. The molecule has 3 aromatic rings. The van der Waals surface area contributed by atoms with Gasteiger partial charge in [-0.15, -0.1) is 0 Å². The van der Waals surface area contributed by atoms with Gasteiger partial charge in [0.1, 0.15) is 31.6 Å². The maximum absolute atomic E-state index is 12.0. The monoisotopic (exact) mass is 532 g/mol. The van der Waals surface area contributed by atoms with Gasteiger partial charge in [0.2, 0.25) is 5.91 Å². The van der Waals surface area contributed by atoms with Gasteiger partial charge in [-0.25, -0.2) is 19.5 Å². The number of aromatic nitrogens is 3. The second kappa shape index (κ2) is 13.1. The van der Waals surface area contributed by atoms with Crippen molar-refractivity contribution in [1.29, 1.82) is 0 Å². The number of hydrogen-bond donors (Lipinski definition) is 5. The normalized spacial score (nSPS) is 19.3. The number of nitrogens with zero attached hydrogens (tertiary/aromatic N) is 4. The minimum atomic E-state index is -0.426. The standard InChI is InChI=1S/C29H41N9O/c1-20(2)14-24-17-38(13-12-34-24,27-7-6-23(29(32)39)15-22(27)8-10-30)37-11-9-21-4-3-5-26(31)25(21)16-28-35-18-33-19-36-28/h3-7,15,18-20,24,34,37H,8-14,16-17,30-31H2,1-2H3,(H-,32,39)/p+1. The summed E-state index contributed by atoms with van der Waals surface area (Å²) < 4.78 is 0.615. The van der Waals surface area contributed by atoms with E-state index in [9.17, 15) is 4.79 Å². The third-order valence-corrected chi connectivity index (χ3v) is 7.45. The van der Waals surface area contributed by atoms with Crippen molar-refractivity contribution in [2.75, 3.05) is 38.5 Å². The lowest BCUT2D eigenvalue weighted by Crippen LogP contribution is -2.70. The lowest BCUT2D eigenvalue weighted by atomic mass is 9.98. The van der Waals surface area contributed by atoms with E-state index in [1.807, 2.05) is 24.3 Å². The predicted octanol–water partition coefficient (Wildman–Crippen LogP) is 1.72. The Morgan fingerprint density at radius 3 is 2.67 bits per heavy atom. The molecule has 0 radical (unpaired) electrons. The molecule has 208 valence electrons. The lowest BCUT2D eigenvalue weighted by Gasteiger charge is -2.45. The van der Waals surface area contributed by atoms with Crippen LogP contribution in [-0.4, -0.2) is 59.6 Å². The lowest BCUT2D eigenvalue weighted by molar-refractivity contribution is 0.0999. The molecule has 0 bridgehead atoms. The van der Waals surface area contributed by atoms with Gasteiger partial charge in [0.05, 0.1) is 6.04 Å². The third kappa shape index (κ3) is 7.15. The average Bonchev–Trinajstić information content (AvgIpc) is 2.91. The summed E-state index contributed by atoms with van der Waals surface area (Å²) in [5.74, 6) is 0.846. The van der Waals surface area contributed by atoms with E-state index in [0.29, 0.717) is 47.3 Å². The molecular formula is C29H42N9O+. The van der Waals surface area contributed by atoms with Crippen LogP contribution >= 0.6 is 0 Å². The maximum Gasteiger partial charge on any atom is 0.248 e. The first kappa shape index (κ1) is 28.6. The summed E-state index contributed by atoms with van der Waals surface area (Å²) >= 11 is 0. The summed E-state index contributed by atoms with van der Waals surface area (Å²) in [6, 6.07) is 12.2. The number of nitrogens with one attached hydrogen (secondary N) is 2. The summed E-state index contributed by atoms with van der Waals surface area (Å²) in [5, 5.41) is 3.72. The fourth-order valence-electron chi connectivity index (χ4n) is 5.70. The number of carbonyl (C=O) groups is 1. The quantitative estimate of drug-likeness (QED) is 0.174. The molecule has 1 saturated heterocycles. The van der Waals surface area contributed by atoms with Gasteiger partial charge in [0.25, 0.3) is 0 Å². The van der Waals surface area contributed by atoms with Crippen LogP contribution in [0.25, 0.3) is 0 Å².